The Morgan fingerprint density at radius 1 is 1.03 bits per heavy atom. The third-order valence-corrected chi connectivity index (χ3v) is 6.71. The van der Waals surface area contributed by atoms with Gasteiger partial charge in [0.2, 0.25) is 21.8 Å². The molecule has 0 fully saturated rings. The number of benzene rings is 2. The van der Waals surface area contributed by atoms with E-state index in [2.05, 4.69) is 19.2 Å². The van der Waals surface area contributed by atoms with Crippen molar-refractivity contribution in [3.8, 4) is 5.75 Å². The van der Waals surface area contributed by atoms with E-state index in [4.69, 9.17) is 4.74 Å². The molecule has 1 unspecified atom stereocenters. The van der Waals surface area contributed by atoms with E-state index in [0.29, 0.717) is 23.8 Å². The summed E-state index contributed by atoms with van der Waals surface area (Å²) < 4.78 is 30.1. The number of nitrogens with zero attached hydrogens (tertiary/aromatic N) is 2. The number of rotatable bonds is 12. The first-order valence-electron chi connectivity index (χ1n) is 11.2. The maximum Gasteiger partial charge on any atom is 0.247 e. The Morgan fingerprint density at radius 3 is 2.18 bits per heavy atom. The Bertz CT molecular complexity index is 1040. The van der Waals surface area contributed by atoms with Gasteiger partial charge in [0.25, 0.3) is 0 Å². The second-order valence-corrected chi connectivity index (χ2v) is 10.8. The van der Waals surface area contributed by atoms with Gasteiger partial charge in [0, 0.05) is 20.1 Å². The van der Waals surface area contributed by atoms with Gasteiger partial charge in [-0.2, -0.15) is 4.31 Å². The van der Waals surface area contributed by atoms with Crippen LogP contribution in [-0.2, 0) is 26.2 Å². The minimum Gasteiger partial charge on any atom is -0.497 e. The summed E-state index contributed by atoms with van der Waals surface area (Å²) in [4.78, 5) is 28.3. The van der Waals surface area contributed by atoms with Gasteiger partial charge in [-0.15, -0.1) is 0 Å². The maximum absolute atomic E-state index is 13.4. The van der Waals surface area contributed by atoms with Crippen LogP contribution in [0.5, 0.6) is 5.75 Å². The average molecular weight is 490 g/mol. The van der Waals surface area contributed by atoms with Crippen LogP contribution in [0, 0.1) is 5.92 Å². The highest BCUT2D eigenvalue weighted by Gasteiger charge is 2.32. The van der Waals surface area contributed by atoms with Crippen molar-refractivity contribution < 1.29 is 22.7 Å². The fourth-order valence-corrected chi connectivity index (χ4v) is 3.68. The molecule has 8 nitrogen and oxygen atoms in total. The number of carbonyl (C=O) groups is 2. The van der Waals surface area contributed by atoms with Crippen LogP contribution in [0.1, 0.15) is 37.4 Å². The zero-order valence-corrected chi connectivity index (χ0v) is 21.3. The Hall–Kier alpha value is -2.91. The Balaban J connectivity index is 2.45. The van der Waals surface area contributed by atoms with E-state index in [-0.39, 0.29) is 19.0 Å². The summed E-state index contributed by atoms with van der Waals surface area (Å²) in [6.45, 7) is 4.37. The van der Waals surface area contributed by atoms with Crippen LogP contribution in [0.3, 0.4) is 0 Å². The van der Waals surface area contributed by atoms with Crippen LogP contribution < -0.4 is 10.1 Å². The SMILES string of the molecule is COc1ccc(CN(C(=O)CN(C)S(C)(=O)=O)C(C(=O)NCCC(C)C)c2ccccc2)cc1. The number of methoxy groups -OCH3 is 1. The highest BCUT2D eigenvalue weighted by Crippen LogP contribution is 2.25. The summed E-state index contributed by atoms with van der Waals surface area (Å²) in [6, 6.07) is 15.3. The third-order valence-electron chi connectivity index (χ3n) is 5.45. The molecule has 2 aromatic carbocycles. The molecule has 2 amide bonds. The molecule has 186 valence electrons. The first-order chi connectivity index (χ1) is 16.0. The van der Waals surface area contributed by atoms with Gasteiger partial charge in [0.15, 0.2) is 0 Å². The number of sulfonamides is 1. The molecule has 0 radical (unpaired) electrons. The van der Waals surface area contributed by atoms with E-state index in [1.54, 1.807) is 31.4 Å². The van der Waals surface area contributed by atoms with Gasteiger partial charge in [-0.05, 0) is 35.6 Å². The van der Waals surface area contributed by atoms with Crippen LogP contribution in [0.2, 0.25) is 0 Å². The number of hydrogen-bond acceptors (Lipinski definition) is 5. The van der Waals surface area contributed by atoms with Crippen molar-refractivity contribution in [2.75, 3.05) is 33.5 Å². The normalized spacial score (nSPS) is 12.4. The molecule has 0 aliphatic rings. The van der Waals surface area contributed by atoms with Gasteiger partial charge in [-0.1, -0.05) is 56.3 Å². The van der Waals surface area contributed by atoms with E-state index in [1.807, 2.05) is 30.3 Å². The largest absolute Gasteiger partial charge is 0.497 e. The Morgan fingerprint density at radius 2 is 1.65 bits per heavy atom. The molecule has 0 aliphatic heterocycles. The smallest absolute Gasteiger partial charge is 0.247 e. The first kappa shape index (κ1) is 27.3. The number of amides is 2. The summed E-state index contributed by atoms with van der Waals surface area (Å²) in [7, 11) is -0.664. The predicted molar refractivity (Wildman–Crippen MR) is 133 cm³/mol. The lowest BCUT2D eigenvalue weighted by Crippen LogP contribution is -2.47. The second kappa shape index (κ2) is 12.5. The third kappa shape index (κ3) is 8.14. The molecule has 0 bridgehead atoms. The van der Waals surface area contributed by atoms with Gasteiger partial charge in [-0.3, -0.25) is 9.59 Å². The summed E-state index contributed by atoms with van der Waals surface area (Å²) in [6.07, 6.45) is 1.85. The van der Waals surface area contributed by atoms with Gasteiger partial charge in [0.1, 0.15) is 11.8 Å². The molecule has 0 heterocycles. The summed E-state index contributed by atoms with van der Waals surface area (Å²) >= 11 is 0. The molecule has 9 heteroatoms. The van der Waals surface area contributed by atoms with Crippen LogP contribution in [0.4, 0.5) is 0 Å². The molecular formula is C25H35N3O5S. The van der Waals surface area contributed by atoms with E-state index < -0.39 is 22.0 Å². The lowest BCUT2D eigenvalue weighted by molar-refractivity contribution is -0.141. The number of ether oxygens (including phenoxy) is 1. The van der Waals surface area contributed by atoms with Gasteiger partial charge >= 0.3 is 0 Å². The standard InChI is InChI=1S/C25H35N3O5S/c1-19(2)15-16-26-25(30)24(21-9-7-6-8-10-21)28(23(29)18-27(3)34(5,31)32)17-20-11-13-22(33-4)14-12-20/h6-14,19,24H,15-18H2,1-5H3,(H,26,30). The van der Waals surface area contributed by atoms with Gasteiger partial charge < -0.3 is 15.0 Å². The van der Waals surface area contributed by atoms with Crippen LogP contribution in [0.15, 0.2) is 54.6 Å². The molecule has 0 aromatic heterocycles. The minimum atomic E-state index is -3.58. The Kier molecular flexibility index (Phi) is 10.1. The zero-order chi connectivity index (χ0) is 25.3. The van der Waals surface area contributed by atoms with Crippen molar-refractivity contribution in [2.45, 2.75) is 32.9 Å². The number of hydrogen-bond donors (Lipinski definition) is 1. The summed E-state index contributed by atoms with van der Waals surface area (Å²) in [5.41, 5.74) is 1.43. The monoisotopic (exact) mass is 489 g/mol. The van der Waals surface area contributed by atoms with Crippen molar-refractivity contribution in [3.63, 3.8) is 0 Å². The van der Waals surface area contributed by atoms with E-state index in [1.165, 1.54) is 11.9 Å². The van der Waals surface area contributed by atoms with Crippen molar-refractivity contribution in [2.24, 2.45) is 5.92 Å². The highest BCUT2D eigenvalue weighted by molar-refractivity contribution is 7.88. The topological polar surface area (TPSA) is 96.0 Å². The second-order valence-electron chi connectivity index (χ2n) is 8.68. The van der Waals surface area contributed by atoms with Crippen LogP contribution in [0.25, 0.3) is 0 Å². The van der Waals surface area contributed by atoms with E-state index in [9.17, 15) is 18.0 Å². The van der Waals surface area contributed by atoms with Crippen molar-refractivity contribution >= 4 is 21.8 Å². The van der Waals surface area contributed by atoms with Gasteiger partial charge in [-0.25, -0.2) is 8.42 Å². The molecule has 1 N–H and O–H groups in total. The Labute approximate surface area is 202 Å². The first-order valence-corrected chi connectivity index (χ1v) is 13.0. The lowest BCUT2D eigenvalue weighted by Gasteiger charge is -2.32. The number of nitrogens with one attached hydrogen (secondary N) is 1. The fraction of sp³-hybridized carbons (Fsp3) is 0.440. The molecule has 0 saturated heterocycles. The molecule has 34 heavy (non-hydrogen) atoms. The molecule has 0 saturated carbocycles. The number of likely N-dealkylation sites (N-methyl/N-ethyl adjacent to an activating group) is 1. The quantitative estimate of drug-likeness (QED) is 0.495. The highest BCUT2D eigenvalue weighted by atomic mass is 32.2. The molecule has 1 atom stereocenters. The zero-order valence-electron chi connectivity index (χ0n) is 20.5. The number of carbonyl (C=O) groups excluding carboxylic acids is 2. The van der Waals surface area contributed by atoms with Crippen molar-refractivity contribution in [1.82, 2.24) is 14.5 Å². The molecule has 2 rings (SSSR count). The van der Waals surface area contributed by atoms with Crippen molar-refractivity contribution in [1.29, 1.82) is 0 Å². The molecule has 0 spiro atoms. The minimum absolute atomic E-state index is 0.123. The maximum atomic E-state index is 13.4. The van der Waals surface area contributed by atoms with Crippen LogP contribution in [-0.4, -0.2) is 62.9 Å². The summed E-state index contributed by atoms with van der Waals surface area (Å²) in [5, 5.41) is 2.95. The molecule has 0 aliphatic carbocycles. The van der Waals surface area contributed by atoms with Gasteiger partial charge in [0.05, 0.1) is 19.9 Å². The molecule has 2 aromatic rings. The summed E-state index contributed by atoms with van der Waals surface area (Å²) in [5.74, 6) is 0.299. The van der Waals surface area contributed by atoms with Crippen LogP contribution >= 0.6 is 0 Å². The van der Waals surface area contributed by atoms with E-state index >= 15 is 0 Å². The van der Waals surface area contributed by atoms with E-state index in [0.717, 1.165) is 22.5 Å². The average Bonchev–Trinajstić information content (AvgIpc) is 2.79. The van der Waals surface area contributed by atoms with Crippen molar-refractivity contribution in [3.05, 3.63) is 65.7 Å². The predicted octanol–water partition coefficient (Wildman–Crippen LogP) is 2.82. The fourth-order valence-electron chi connectivity index (χ4n) is 3.34. The molecular weight excluding hydrogens is 454 g/mol. The lowest BCUT2D eigenvalue weighted by atomic mass is 10.0.